The first kappa shape index (κ1) is 30.9. The standard InChI is InChI=1S/C30H34FN3O7/c1-5-40-29(36)21-11-13-26(28(18-21)39-4)41-19(2)33-15-14-22(35)16-20-10-12-25(27(17-20)38-3)34(30(32)37)24-9-7-6-8-23(24)31/h6-13,17-19,33H,5,14-16H2,1-4H3,(H2,32,37). The predicted octanol–water partition coefficient (Wildman–Crippen LogP) is 4.75. The lowest BCUT2D eigenvalue weighted by Gasteiger charge is -2.23. The zero-order valence-electron chi connectivity index (χ0n) is 23.4. The van der Waals surface area contributed by atoms with Crippen LogP contribution in [0.15, 0.2) is 60.7 Å². The van der Waals surface area contributed by atoms with Crippen LogP contribution >= 0.6 is 0 Å². The smallest absolute Gasteiger partial charge is 0.338 e. The first-order chi connectivity index (χ1) is 19.7. The molecular weight excluding hydrogens is 533 g/mol. The summed E-state index contributed by atoms with van der Waals surface area (Å²) in [5.41, 5.74) is 6.79. The van der Waals surface area contributed by atoms with Gasteiger partial charge in [-0.15, -0.1) is 0 Å². The third kappa shape index (κ3) is 8.18. The van der Waals surface area contributed by atoms with Crippen LogP contribution in [0, 0.1) is 5.82 Å². The molecule has 3 rings (SSSR count). The van der Waals surface area contributed by atoms with Gasteiger partial charge in [-0.3, -0.25) is 15.0 Å². The molecule has 0 aliphatic heterocycles. The van der Waals surface area contributed by atoms with E-state index in [0.717, 1.165) is 4.90 Å². The van der Waals surface area contributed by atoms with Crippen LogP contribution in [0.25, 0.3) is 0 Å². The lowest BCUT2D eigenvalue weighted by atomic mass is 10.1. The molecule has 3 aromatic carbocycles. The van der Waals surface area contributed by atoms with Crippen LogP contribution in [0.1, 0.15) is 36.2 Å². The lowest BCUT2D eigenvalue weighted by molar-refractivity contribution is -0.118. The molecule has 1 unspecified atom stereocenters. The number of nitrogens with zero attached hydrogens (tertiary/aromatic N) is 1. The number of halogens is 1. The fourth-order valence-corrected chi connectivity index (χ4v) is 4.09. The number of esters is 1. The molecule has 41 heavy (non-hydrogen) atoms. The molecule has 0 aliphatic rings. The molecule has 1 atom stereocenters. The van der Waals surface area contributed by atoms with Gasteiger partial charge in [-0.05, 0) is 61.9 Å². The zero-order chi connectivity index (χ0) is 29.9. The highest BCUT2D eigenvalue weighted by molar-refractivity contribution is 6.00. The van der Waals surface area contributed by atoms with Crippen molar-refractivity contribution in [3.05, 3.63) is 77.6 Å². The van der Waals surface area contributed by atoms with Crippen LogP contribution < -0.4 is 30.2 Å². The molecular formula is C30H34FN3O7. The van der Waals surface area contributed by atoms with Crippen molar-refractivity contribution in [2.75, 3.05) is 32.3 Å². The highest BCUT2D eigenvalue weighted by Crippen LogP contribution is 2.36. The molecule has 11 heteroatoms. The van der Waals surface area contributed by atoms with E-state index < -0.39 is 24.0 Å². The predicted molar refractivity (Wildman–Crippen MR) is 151 cm³/mol. The highest BCUT2D eigenvalue weighted by Gasteiger charge is 2.22. The number of para-hydroxylation sites is 1. The van der Waals surface area contributed by atoms with Crippen LogP contribution in [-0.4, -0.2) is 51.4 Å². The van der Waals surface area contributed by atoms with E-state index in [-0.39, 0.29) is 42.4 Å². The summed E-state index contributed by atoms with van der Waals surface area (Å²) in [6.07, 6.45) is -0.116. The SMILES string of the molecule is CCOC(=O)c1ccc(OC(C)NCCC(=O)Cc2ccc(N(C(N)=O)c3ccccc3F)c(OC)c2)c(OC)c1. The summed E-state index contributed by atoms with van der Waals surface area (Å²) in [6.45, 7) is 4.13. The third-order valence-corrected chi connectivity index (χ3v) is 6.01. The average Bonchev–Trinajstić information content (AvgIpc) is 2.95. The van der Waals surface area contributed by atoms with Gasteiger partial charge in [-0.2, -0.15) is 0 Å². The van der Waals surface area contributed by atoms with Crippen molar-refractivity contribution in [3.8, 4) is 17.2 Å². The number of hydrogen-bond donors (Lipinski definition) is 2. The topological polar surface area (TPSA) is 129 Å². The molecule has 0 radical (unpaired) electrons. The van der Waals surface area contributed by atoms with Crippen molar-refractivity contribution in [2.24, 2.45) is 5.73 Å². The van der Waals surface area contributed by atoms with Crippen LogP contribution in [0.4, 0.5) is 20.6 Å². The van der Waals surface area contributed by atoms with Gasteiger partial charge in [-0.1, -0.05) is 18.2 Å². The first-order valence-corrected chi connectivity index (χ1v) is 13.0. The Morgan fingerprint density at radius 1 is 0.951 bits per heavy atom. The Kier molecular flexibility index (Phi) is 11.0. The number of primary amides is 1. The summed E-state index contributed by atoms with van der Waals surface area (Å²) < 4.78 is 36.1. The van der Waals surface area contributed by atoms with Gasteiger partial charge in [0.2, 0.25) is 0 Å². The number of carbonyl (C=O) groups is 3. The van der Waals surface area contributed by atoms with Crippen molar-refractivity contribution in [2.45, 2.75) is 32.9 Å². The Hall–Kier alpha value is -4.64. The number of amides is 2. The largest absolute Gasteiger partial charge is 0.495 e. The molecule has 3 N–H and O–H groups in total. The summed E-state index contributed by atoms with van der Waals surface area (Å²) in [5, 5.41) is 3.13. The number of urea groups is 1. The molecule has 0 saturated carbocycles. The van der Waals surface area contributed by atoms with Crippen LogP contribution in [0.5, 0.6) is 17.2 Å². The van der Waals surface area contributed by atoms with Crippen molar-refractivity contribution < 1.29 is 37.7 Å². The molecule has 0 bridgehead atoms. The van der Waals surface area contributed by atoms with Crippen LogP contribution in [0.3, 0.4) is 0 Å². The second kappa shape index (κ2) is 14.7. The number of nitrogens with one attached hydrogen (secondary N) is 1. The van der Waals surface area contributed by atoms with Crippen molar-refractivity contribution in [1.29, 1.82) is 0 Å². The van der Waals surface area contributed by atoms with Gasteiger partial charge in [0, 0.05) is 19.4 Å². The molecule has 0 aliphatic carbocycles. The number of anilines is 2. The maximum absolute atomic E-state index is 14.4. The molecule has 218 valence electrons. The number of benzene rings is 3. The van der Waals surface area contributed by atoms with Gasteiger partial charge in [0.05, 0.1) is 37.8 Å². The summed E-state index contributed by atoms with van der Waals surface area (Å²) in [4.78, 5) is 37.9. The number of nitrogens with two attached hydrogens (primary N) is 1. The second-order valence-electron chi connectivity index (χ2n) is 8.90. The Balaban J connectivity index is 1.58. The zero-order valence-corrected chi connectivity index (χ0v) is 23.4. The first-order valence-electron chi connectivity index (χ1n) is 13.0. The molecule has 0 fully saturated rings. The van der Waals surface area contributed by atoms with Crippen LogP contribution in [-0.2, 0) is 16.0 Å². The van der Waals surface area contributed by atoms with Gasteiger partial charge in [-0.25, -0.2) is 14.0 Å². The number of carbonyl (C=O) groups excluding carboxylic acids is 3. The van der Waals surface area contributed by atoms with E-state index in [4.69, 9.17) is 24.7 Å². The monoisotopic (exact) mass is 567 g/mol. The Labute approximate surface area is 238 Å². The van der Waals surface area contributed by atoms with Crippen LogP contribution in [0.2, 0.25) is 0 Å². The van der Waals surface area contributed by atoms with Gasteiger partial charge >= 0.3 is 12.0 Å². The third-order valence-electron chi connectivity index (χ3n) is 6.01. The van der Waals surface area contributed by atoms with Gasteiger partial charge in [0.1, 0.15) is 23.6 Å². The number of ether oxygens (including phenoxy) is 4. The summed E-state index contributed by atoms with van der Waals surface area (Å²) in [6, 6.07) is 14.5. The fourth-order valence-electron chi connectivity index (χ4n) is 4.09. The quantitative estimate of drug-likeness (QED) is 0.211. The van der Waals surface area contributed by atoms with E-state index in [1.54, 1.807) is 56.3 Å². The minimum Gasteiger partial charge on any atom is -0.495 e. The fraction of sp³-hybridized carbons (Fsp3) is 0.300. The second-order valence-corrected chi connectivity index (χ2v) is 8.90. The Bertz CT molecular complexity index is 1380. The molecule has 2 amide bonds. The van der Waals surface area contributed by atoms with E-state index in [1.807, 2.05) is 0 Å². The maximum atomic E-state index is 14.4. The average molecular weight is 568 g/mol. The summed E-state index contributed by atoms with van der Waals surface area (Å²) in [7, 11) is 2.89. The number of methoxy groups -OCH3 is 2. The number of rotatable bonds is 14. The van der Waals surface area contributed by atoms with E-state index in [2.05, 4.69) is 5.32 Å². The molecule has 3 aromatic rings. The molecule has 0 heterocycles. The van der Waals surface area contributed by atoms with E-state index in [1.165, 1.54) is 32.4 Å². The van der Waals surface area contributed by atoms with E-state index in [0.29, 0.717) is 29.2 Å². The normalized spacial score (nSPS) is 11.3. The highest BCUT2D eigenvalue weighted by atomic mass is 19.1. The molecule has 0 aromatic heterocycles. The van der Waals surface area contributed by atoms with Gasteiger partial charge in [0.15, 0.2) is 11.5 Å². The van der Waals surface area contributed by atoms with E-state index in [9.17, 15) is 18.8 Å². The van der Waals surface area contributed by atoms with Crippen molar-refractivity contribution in [3.63, 3.8) is 0 Å². The molecule has 0 spiro atoms. The minimum atomic E-state index is -0.882. The Morgan fingerprint density at radius 2 is 1.68 bits per heavy atom. The van der Waals surface area contributed by atoms with Crippen molar-refractivity contribution >= 4 is 29.2 Å². The van der Waals surface area contributed by atoms with Gasteiger partial charge in [0.25, 0.3) is 0 Å². The number of Topliss-reactive ketones (excluding diaryl/α,β-unsaturated/α-hetero) is 1. The van der Waals surface area contributed by atoms with E-state index >= 15 is 0 Å². The molecule has 0 saturated heterocycles. The lowest BCUT2D eigenvalue weighted by Crippen LogP contribution is -2.33. The summed E-state index contributed by atoms with van der Waals surface area (Å²) >= 11 is 0. The molecule has 10 nitrogen and oxygen atoms in total. The number of hydrogen-bond acceptors (Lipinski definition) is 8. The van der Waals surface area contributed by atoms with Gasteiger partial charge < -0.3 is 24.7 Å². The maximum Gasteiger partial charge on any atom is 0.338 e. The summed E-state index contributed by atoms with van der Waals surface area (Å²) in [5.74, 6) is -0.0470. The number of ketones is 1. The van der Waals surface area contributed by atoms with Crippen molar-refractivity contribution in [1.82, 2.24) is 5.32 Å². The minimum absolute atomic E-state index is 0.0166. The Morgan fingerprint density at radius 3 is 2.34 bits per heavy atom.